The minimum Gasteiger partial charge on any atom is -0.397 e. The van der Waals surface area contributed by atoms with Crippen LogP contribution in [0.15, 0.2) is 18.2 Å². The van der Waals surface area contributed by atoms with E-state index in [1.807, 2.05) is 6.07 Å². The molecule has 2 N–H and O–H groups in total. The van der Waals surface area contributed by atoms with Gasteiger partial charge in [-0.25, -0.2) is 8.78 Å². The molecule has 0 bridgehead atoms. The van der Waals surface area contributed by atoms with Crippen molar-refractivity contribution in [1.29, 1.82) is 5.26 Å². The normalized spacial score (nSPS) is 10.2. The van der Waals surface area contributed by atoms with E-state index in [4.69, 9.17) is 11.0 Å². The molecule has 0 aliphatic carbocycles. The molecule has 1 heterocycles. The Morgan fingerprint density at radius 3 is 2.65 bits per heavy atom. The minimum absolute atomic E-state index is 0.140. The molecule has 0 saturated carbocycles. The molecular weight excluding hydrogens is 242 g/mol. The Bertz CT molecular complexity index is 626. The molecule has 0 radical (unpaired) electrons. The zero-order chi connectivity index (χ0) is 12.6. The van der Waals surface area contributed by atoms with Crippen molar-refractivity contribution in [2.75, 3.05) is 5.73 Å². The maximum Gasteiger partial charge on any atom is 0.132 e. The summed E-state index contributed by atoms with van der Waals surface area (Å²) in [4.78, 5) is 0.817. The number of halogens is 2. The van der Waals surface area contributed by atoms with E-state index in [0.29, 0.717) is 21.0 Å². The van der Waals surface area contributed by atoms with E-state index in [-0.39, 0.29) is 5.56 Å². The first-order valence-corrected chi connectivity index (χ1v) is 5.60. The van der Waals surface area contributed by atoms with Gasteiger partial charge in [0, 0.05) is 10.4 Å². The summed E-state index contributed by atoms with van der Waals surface area (Å²) in [5.41, 5.74) is 6.79. The van der Waals surface area contributed by atoms with Crippen molar-refractivity contribution in [1.82, 2.24) is 0 Å². The highest BCUT2D eigenvalue weighted by atomic mass is 32.1. The van der Waals surface area contributed by atoms with Crippen LogP contribution in [0.1, 0.15) is 10.4 Å². The van der Waals surface area contributed by atoms with Crippen molar-refractivity contribution < 1.29 is 8.78 Å². The summed E-state index contributed by atoms with van der Waals surface area (Å²) < 4.78 is 26.7. The van der Waals surface area contributed by atoms with Crippen LogP contribution >= 0.6 is 11.3 Å². The molecule has 0 spiro atoms. The second-order valence-corrected chi connectivity index (χ2v) is 4.56. The third-order valence-corrected chi connectivity index (χ3v) is 3.71. The Balaban J connectivity index is 2.69. The number of nitrogen functional groups attached to an aromatic ring is 1. The fourth-order valence-corrected chi connectivity index (χ4v) is 2.58. The summed E-state index contributed by atoms with van der Waals surface area (Å²) in [6.07, 6.45) is 0. The third kappa shape index (κ3) is 1.87. The Morgan fingerprint density at radius 1 is 1.35 bits per heavy atom. The van der Waals surface area contributed by atoms with Gasteiger partial charge in [-0.2, -0.15) is 5.26 Å². The van der Waals surface area contributed by atoms with Crippen LogP contribution in [0.25, 0.3) is 10.4 Å². The molecule has 0 fully saturated rings. The molecular formula is C12H8F2N2S. The van der Waals surface area contributed by atoms with Gasteiger partial charge in [0.15, 0.2) is 0 Å². The molecule has 0 saturated heterocycles. The summed E-state index contributed by atoms with van der Waals surface area (Å²) in [5, 5.41) is 8.84. The van der Waals surface area contributed by atoms with E-state index in [1.165, 1.54) is 0 Å². The smallest absolute Gasteiger partial charge is 0.132 e. The Hall–Kier alpha value is -1.93. The first-order valence-electron chi connectivity index (χ1n) is 4.79. The van der Waals surface area contributed by atoms with Crippen molar-refractivity contribution in [3.05, 3.63) is 40.3 Å². The van der Waals surface area contributed by atoms with Gasteiger partial charge in [-0.05, 0) is 30.7 Å². The van der Waals surface area contributed by atoms with Crippen molar-refractivity contribution in [2.24, 2.45) is 0 Å². The van der Waals surface area contributed by atoms with Gasteiger partial charge in [0.05, 0.1) is 5.69 Å². The lowest BCUT2D eigenvalue weighted by molar-refractivity contribution is 0.603. The SMILES string of the molecule is Cc1c(-c2cc(F)ccc2F)sc(C#N)c1N. The van der Waals surface area contributed by atoms with Crippen LogP contribution in [0.3, 0.4) is 0 Å². The summed E-state index contributed by atoms with van der Waals surface area (Å²) >= 11 is 1.07. The van der Waals surface area contributed by atoms with E-state index in [9.17, 15) is 8.78 Å². The average Bonchev–Trinajstić information content (AvgIpc) is 2.59. The van der Waals surface area contributed by atoms with Crippen molar-refractivity contribution in [2.45, 2.75) is 6.92 Å². The fourth-order valence-electron chi connectivity index (χ4n) is 1.54. The molecule has 2 nitrogen and oxygen atoms in total. The highest BCUT2D eigenvalue weighted by Gasteiger charge is 2.16. The molecule has 2 rings (SSSR count). The Kier molecular flexibility index (Phi) is 2.82. The Morgan fingerprint density at radius 2 is 2.06 bits per heavy atom. The molecule has 17 heavy (non-hydrogen) atoms. The maximum atomic E-state index is 13.6. The number of benzene rings is 1. The number of hydrogen-bond donors (Lipinski definition) is 1. The number of nitrogens with zero attached hydrogens (tertiary/aromatic N) is 1. The quantitative estimate of drug-likeness (QED) is 0.842. The largest absolute Gasteiger partial charge is 0.397 e. The van der Waals surface area contributed by atoms with E-state index < -0.39 is 11.6 Å². The maximum absolute atomic E-state index is 13.6. The molecule has 86 valence electrons. The highest BCUT2D eigenvalue weighted by Crippen LogP contribution is 2.38. The number of anilines is 1. The van der Waals surface area contributed by atoms with Crippen LogP contribution in [-0.2, 0) is 0 Å². The minimum atomic E-state index is -0.528. The molecule has 1 aromatic heterocycles. The zero-order valence-electron chi connectivity index (χ0n) is 8.92. The first-order chi connectivity index (χ1) is 8.04. The lowest BCUT2D eigenvalue weighted by atomic mass is 10.1. The van der Waals surface area contributed by atoms with Crippen LogP contribution in [0, 0.1) is 29.9 Å². The van der Waals surface area contributed by atoms with E-state index in [2.05, 4.69) is 0 Å². The number of rotatable bonds is 1. The van der Waals surface area contributed by atoms with Gasteiger partial charge in [0.1, 0.15) is 22.6 Å². The van der Waals surface area contributed by atoms with Gasteiger partial charge < -0.3 is 5.73 Å². The number of thiophene rings is 1. The van der Waals surface area contributed by atoms with Gasteiger partial charge in [0.2, 0.25) is 0 Å². The molecule has 5 heteroatoms. The molecule has 2 aromatic rings. The second kappa shape index (κ2) is 4.15. The topological polar surface area (TPSA) is 49.8 Å². The molecule has 0 unspecified atom stereocenters. The monoisotopic (exact) mass is 250 g/mol. The predicted octanol–water partition coefficient (Wildman–Crippen LogP) is 3.46. The summed E-state index contributed by atoms with van der Waals surface area (Å²) in [7, 11) is 0. The highest BCUT2D eigenvalue weighted by molar-refractivity contribution is 7.16. The summed E-state index contributed by atoms with van der Waals surface area (Å²) in [5.74, 6) is -1.05. The van der Waals surface area contributed by atoms with Crippen LogP contribution in [-0.4, -0.2) is 0 Å². The first kappa shape index (κ1) is 11.6. The predicted molar refractivity (Wildman–Crippen MR) is 63.5 cm³/mol. The molecule has 0 aliphatic heterocycles. The zero-order valence-corrected chi connectivity index (χ0v) is 9.74. The fraction of sp³-hybridized carbons (Fsp3) is 0.0833. The van der Waals surface area contributed by atoms with Gasteiger partial charge in [0.25, 0.3) is 0 Å². The molecule has 0 amide bonds. The van der Waals surface area contributed by atoms with Crippen LogP contribution in [0.2, 0.25) is 0 Å². The van der Waals surface area contributed by atoms with Crippen LogP contribution < -0.4 is 5.73 Å². The van der Waals surface area contributed by atoms with Gasteiger partial charge in [-0.3, -0.25) is 0 Å². The van der Waals surface area contributed by atoms with Crippen molar-refractivity contribution >= 4 is 17.0 Å². The second-order valence-electron chi connectivity index (χ2n) is 3.53. The lowest BCUT2D eigenvalue weighted by Crippen LogP contribution is -1.89. The summed E-state index contributed by atoms with van der Waals surface area (Å²) in [6, 6.07) is 5.16. The van der Waals surface area contributed by atoms with Gasteiger partial charge in [-0.15, -0.1) is 11.3 Å². The molecule has 0 aliphatic rings. The van der Waals surface area contributed by atoms with Gasteiger partial charge in [-0.1, -0.05) is 0 Å². The number of hydrogen-bond acceptors (Lipinski definition) is 3. The van der Waals surface area contributed by atoms with Crippen LogP contribution in [0.4, 0.5) is 14.5 Å². The van der Waals surface area contributed by atoms with E-state index in [1.54, 1.807) is 6.92 Å². The Labute approximate surface area is 101 Å². The summed E-state index contributed by atoms with van der Waals surface area (Å²) in [6.45, 7) is 1.69. The molecule has 1 aromatic carbocycles. The van der Waals surface area contributed by atoms with Crippen molar-refractivity contribution in [3.63, 3.8) is 0 Å². The van der Waals surface area contributed by atoms with E-state index in [0.717, 1.165) is 29.5 Å². The number of nitriles is 1. The lowest BCUT2D eigenvalue weighted by Gasteiger charge is -2.02. The number of nitrogens with two attached hydrogens (primary N) is 1. The van der Waals surface area contributed by atoms with Crippen LogP contribution in [0.5, 0.6) is 0 Å². The van der Waals surface area contributed by atoms with Gasteiger partial charge >= 0.3 is 0 Å². The average molecular weight is 250 g/mol. The van der Waals surface area contributed by atoms with E-state index >= 15 is 0 Å². The third-order valence-electron chi connectivity index (χ3n) is 2.47. The standard InChI is InChI=1S/C12H8F2N2S/c1-6-11(16)10(5-15)17-12(6)8-4-7(13)2-3-9(8)14/h2-4H,16H2,1H3. The van der Waals surface area contributed by atoms with Crippen molar-refractivity contribution in [3.8, 4) is 16.5 Å². The molecule has 0 atom stereocenters.